The van der Waals surface area contributed by atoms with Gasteiger partial charge in [-0.05, 0) is 36.9 Å². The van der Waals surface area contributed by atoms with Gasteiger partial charge >= 0.3 is 0 Å². The summed E-state index contributed by atoms with van der Waals surface area (Å²) in [6.07, 6.45) is 2.00. The Labute approximate surface area is 135 Å². The van der Waals surface area contributed by atoms with E-state index in [1.807, 2.05) is 6.07 Å². The molecule has 4 rings (SSSR count). The Hall–Kier alpha value is -2.12. The van der Waals surface area contributed by atoms with Crippen LogP contribution in [0.25, 0.3) is 11.3 Å². The van der Waals surface area contributed by atoms with Crippen molar-refractivity contribution in [3.05, 3.63) is 45.3 Å². The van der Waals surface area contributed by atoms with Crippen molar-refractivity contribution in [3.8, 4) is 11.3 Å². The predicted molar refractivity (Wildman–Crippen MR) is 87.6 cm³/mol. The number of amides is 1. The van der Waals surface area contributed by atoms with Gasteiger partial charge in [-0.3, -0.25) is 10.1 Å². The normalized spacial score (nSPS) is 12.6. The van der Waals surface area contributed by atoms with Gasteiger partial charge in [0.2, 0.25) is 0 Å². The molecule has 5 nitrogen and oxygen atoms in total. The molecule has 2 heterocycles. The fourth-order valence-corrected chi connectivity index (χ4v) is 4.12. The lowest BCUT2D eigenvalue weighted by Crippen LogP contribution is -2.11. The molecule has 0 saturated carbocycles. The van der Waals surface area contributed by atoms with Crippen LogP contribution in [0.1, 0.15) is 25.8 Å². The maximum atomic E-state index is 12.2. The first-order valence-corrected chi connectivity index (χ1v) is 8.49. The fourth-order valence-electron chi connectivity index (χ4n) is 2.60. The number of carbonyl (C=O) groups excluding carboxylic acids is 1. The van der Waals surface area contributed by atoms with Crippen LogP contribution in [0.15, 0.2) is 24.3 Å². The highest BCUT2D eigenvalue weighted by Gasteiger charge is 2.22. The summed E-state index contributed by atoms with van der Waals surface area (Å²) >= 11 is 2.66. The van der Waals surface area contributed by atoms with E-state index in [-0.39, 0.29) is 5.91 Å². The van der Waals surface area contributed by atoms with Gasteiger partial charge < -0.3 is 0 Å². The first kappa shape index (κ1) is 13.5. The van der Waals surface area contributed by atoms with Gasteiger partial charge in [0.15, 0.2) is 5.13 Å². The van der Waals surface area contributed by atoms with Crippen LogP contribution in [0.4, 0.5) is 5.13 Å². The zero-order valence-corrected chi connectivity index (χ0v) is 13.4. The Morgan fingerprint density at radius 2 is 2.14 bits per heavy atom. The second kappa shape index (κ2) is 5.26. The van der Waals surface area contributed by atoms with Crippen LogP contribution in [0.5, 0.6) is 0 Å². The smallest absolute Gasteiger partial charge is 0.271 e. The van der Waals surface area contributed by atoms with Crippen molar-refractivity contribution in [1.29, 1.82) is 0 Å². The minimum Gasteiger partial charge on any atom is -0.297 e. The van der Waals surface area contributed by atoms with Gasteiger partial charge in [0, 0.05) is 10.4 Å². The van der Waals surface area contributed by atoms with Crippen molar-refractivity contribution in [2.75, 3.05) is 5.32 Å². The van der Waals surface area contributed by atoms with E-state index >= 15 is 0 Å². The largest absolute Gasteiger partial charge is 0.297 e. The van der Waals surface area contributed by atoms with E-state index in [9.17, 15) is 4.79 Å². The van der Waals surface area contributed by atoms with Gasteiger partial charge in [-0.2, -0.15) is 0 Å². The van der Waals surface area contributed by atoms with Crippen LogP contribution in [0, 0.1) is 6.92 Å². The summed E-state index contributed by atoms with van der Waals surface area (Å²) in [5, 5.41) is 7.38. The summed E-state index contributed by atoms with van der Waals surface area (Å²) in [4.78, 5) is 18.6. The number of rotatable bonds is 2. The third-order valence-corrected chi connectivity index (χ3v) is 5.53. The molecule has 0 aliphatic heterocycles. The zero-order chi connectivity index (χ0) is 15.1. The Bertz CT molecular complexity index is 868. The van der Waals surface area contributed by atoms with Crippen molar-refractivity contribution < 1.29 is 4.79 Å². The number of aryl methyl sites for hydroxylation is 3. The molecule has 0 spiro atoms. The van der Waals surface area contributed by atoms with Crippen molar-refractivity contribution in [2.24, 2.45) is 0 Å². The average Bonchev–Trinajstić information content (AvgIpc) is 3.12. The minimum atomic E-state index is -0.188. The van der Waals surface area contributed by atoms with Gasteiger partial charge in [0.25, 0.3) is 5.91 Å². The number of thiazole rings is 1. The summed E-state index contributed by atoms with van der Waals surface area (Å²) in [7, 11) is 0. The molecule has 1 aliphatic carbocycles. The number of aromatic nitrogens is 3. The van der Waals surface area contributed by atoms with Crippen molar-refractivity contribution in [2.45, 2.75) is 19.8 Å². The van der Waals surface area contributed by atoms with Gasteiger partial charge in [-0.15, -0.1) is 16.4 Å². The van der Waals surface area contributed by atoms with Crippen molar-refractivity contribution >= 4 is 33.9 Å². The first-order chi connectivity index (χ1) is 10.7. The number of hydrogen-bond acceptors (Lipinski definition) is 6. The topological polar surface area (TPSA) is 67.8 Å². The number of nitrogens with zero attached hydrogens (tertiary/aromatic N) is 3. The molecule has 0 saturated heterocycles. The monoisotopic (exact) mass is 328 g/mol. The standard InChI is InChI=1S/C15H12N4OS2/c1-8-13(22-19-18-8)14(20)17-15-16-12-10-5-3-2-4-9(10)6-7-11(12)21-15/h2-5H,6-7H2,1H3,(H,16,17,20). The van der Waals surface area contributed by atoms with Gasteiger partial charge in [-0.25, -0.2) is 4.98 Å². The van der Waals surface area contributed by atoms with E-state index in [0.717, 1.165) is 30.1 Å². The number of nitrogens with one attached hydrogen (secondary N) is 1. The summed E-state index contributed by atoms with van der Waals surface area (Å²) in [5.74, 6) is -0.188. The van der Waals surface area contributed by atoms with E-state index in [4.69, 9.17) is 0 Å². The summed E-state index contributed by atoms with van der Waals surface area (Å²) in [5.41, 5.74) is 4.15. The molecule has 0 atom stereocenters. The summed E-state index contributed by atoms with van der Waals surface area (Å²) < 4.78 is 3.79. The van der Waals surface area contributed by atoms with Crippen molar-refractivity contribution in [3.63, 3.8) is 0 Å². The molecule has 22 heavy (non-hydrogen) atoms. The Kier molecular flexibility index (Phi) is 3.24. The molecule has 0 radical (unpaired) electrons. The minimum absolute atomic E-state index is 0.188. The highest BCUT2D eigenvalue weighted by Crippen LogP contribution is 2.38. The predicted octanol–water partition coefficient (Wildman–Crippen LogP) is 3.32. The molecule has 2 aromatic heterocycles. The van der Waals surface area contributed by atoms with E-state index in [2.05, 4.69) is 38.1 Å². The molecule has 1 amide bonds. The molecule has 0 bridgehead atoms. The molecule has 0 unspecified atom stereocenters. The Morgan fingerprint density at radius 3 is 2.95 bits per heavy atom. The maximum Gasteiger partial charge on any atom is 0.271 e. The Balaban J connectivity index is 1.65. The van der Waals surface area contributed by atoms with Gasteiger partial charge in [-0.1, -0.05) is 28.8 Å². The molecule has 110 valence electrons. The zero-order valence-electron chi connectivity index (χ0n) is 11.8. The second-order valence-electron chi connectivity index (χ2n) is 5.09. The Morgan fingerprint density at radius 1 is 1.27 bits per heavy atom. The van der Waals surface area contributed by atoms with Crippen LogP contribution in [-0.4, -0.2) is 20.5 Å². The fraction of sp³-hybridized carbons (Fsp3) is 0.200. The lowest BCUT2D eigenvalue weighted by molar-refractivity contribution is 0.103. The molecule has 7 heteroatoms. The van der Waals surface area contributed by atoms with E-state index in [1.165, 1.54) is 16.0 Å². The van der Waals surface area contributed by atoms with Crippen LogP contribution in [0.3, 0.4) is 0 Å². The molecule has 1 aromatic carbocycles. The number of carbonyl (C=O) groups is 1. The summed E-state index contributed by atoms with van der Waals surface area (Å²) in [6, 6.07) is 8.31. The molecule has 1 aliphatic rings. The number of hydrogen-bond donors (Lipinski definition) is 1. The number of fused-ring (bicyclic) bond motifs is 3. The van der Waals surface area contributed by atoms with E-state index < -0.39 is 0 Å². The van der Waals surface area contributed by atoms with Gasteiger partial charge in [0.1, 0.15) is 4.88 Å². The average molecular weight is 328 g/mol. The quantitative estimate of drug-likeness (QED) is 0.783. The van der Waals surface area contributed by atoms with E-state index in [1.54, 1.807) is 18.3 Å². The third kappa shape index (κ3) is 2.22. The second-order valence-corrected chi connectivity index (χ2v) is 6.93. The van der Waals surface area contributed by atoms with Crippen molar-refractivity contribution in [1.82, 2.24) is 14.6 Å². The molecular weight excluding hydrogens is 316 g/mol. The van der Waals surface area contributed by atoms with Crippen LogP contribution >= 0.6 is 22.9 Å². The molecule has 1 N–H and O–H groups in total. The van der Waals surface area contributed by atoms with Crippen LogP contribution in [-0.2, 0) is 12.8 Å². The highest BCUT2D eigenvalue weighted by molar-refractivity contribution is 7.16. The van der Waals surface area contributed by atoms with E-state index in [0.29, 0.717) is 15.7 Å². The highest BCUT2D eigenvalue weighted by atomic mass is 32.1. The number of benzene rings is 1. The van der Waals surface area contributed by atoms with Crippen LogP contribution in [0.2, 0.25) is 0 Å². The molecule has 3 aromatic rings. The maximum absolute atomic E-state index is 12.2. The lowest BCUT2D eigenvalue weighted by Gasteiger charge is -2.13. The lowest BCUT2D eigenvalue weighted by atomic mass is 9.94. The molecular formula is C15H12N4OS2. The summed E-state index contributed by atoms with van der Waals surface area (Å²) in [6.45, 7) is 1.78. The van der Waals surface area contributed by atoms with Gasteiger partial charge in [0.05, 0.1) is 11.4 Å². The third-order valence-electron chi connectivity index (χ3n) is 3.67. The molecule has 0 fully saturated rings. The van der Waals surface area contributed by atoms with Crippen LogP contribution < -0.4 is 5.32 Å². The first-order valence-electron chi connectivity index (χ1n) is 6.90. The number of anilines is 1. The SMILES string of the molecule is Cc1nnsc1C(=O)Nc1nc2c(s1)CCc1ccccc1-2.